The first-order valence-electron chi connectivity index (χ1n) is 8.76. The Kier molecular flexibility index (Phi) is 8.12. The monoisotopic (exact) mass is 371 g/mol. The van der Waals surface area contributed by atoms with Gasteiger partial charge in [-0.2, -0.15) is 0 Å². The van der Waals surface area contributed by atoms with E-state index in [-0.39, 0.29) is 18.4 Å². The van der Waals surface area contributed by atoms with Crippen molar-refractivity contribution in [1.29, 1.82) is 0 Å². The summed E-state index contributed by atoms with van der Waals surface area (Å²) < 4.78 is 10.4. The Morgan fingerprint density at radius 2 is 1.78 bits per heavy atom. The lowest BCUT2D eigenvalue weighted by atomic mass is 10.2. The van der Waals surface area contributed by atoms with E-state index in [1.165, 1.54) is 0 Å². The summed E-state index contributed by atoms with van der Waals surface area (Å²) in [6, 6.07) is 14.1. The highest BCUT2D eigenvalue weighted by molar-refractivity contribution is 5.96. The van der Waals surface area contributed by atoms with E-state index in [4.69, 9.17) is 9.47 Å². The third-order valence-electron chi connectivity index (χ3n) is 3.61. The number of rotatable bonds is 10. The van der Waals surface area contributed by atoms with Gasteiger partial charge >= 0.3 is 0 Å². The van der Waals surface area contributed by atoms with Crippen molar-refractivity contribution in [3.8, 4) is 5.75 Å². The minimum absolute atomic E-state index is 0.0882. The Morgan fingerprint density at radius 3 is 2.48 bits per heavy atom. The summed E-state index contributed by atoms with van der Waals surface area (Å²) in [7, 11) is 1.62. The van der Waals surface area contributed by atoms with Crippen molar-refractivity contribution in [2.75, 3.05) is 44.0 Å². The summed E-state index contributed by atoms with van der Waals surface area (Å²) in [6.45, 7) is 3.51. The third kappa shape index (κ3) is 6.99. The number of hydrogen-bond donors (Lipinski definition) is 3. The molecule has 0 unspecified atom stereocenters. The second-order valence-corrected chi connectivity index (χ2v) is 5.71. The molecule has 3 N–H and O–H groups in total. The number of carbonyl (C=O) groups excluding carboxylic acids is 2. The number of ether oxygens (including phenoxy) is 2. The van der Waals surface area contributed by atoms with E-state index in [1.54, 1.807) is 49.6 Å². The molecule has 0 aromatic heterocycles. The smallest absolute Gasteiger partial charge is 0.251 e. The molecule has 0 fully saturated rings. The van der Waals surface area contributed by atoms with Crippen LogP contribution in [0.5, 0.6) is 5.75 Å². The molecule has 0 radical (unpaired) electrons. The molecule has 7 heteroatoms. The molecule has 0 aliphatic carbocycles. The first-order chi connectivity index (χ1) is 13.1. The van der Waals surface area contributed by atoms with Gasteiger partial charge in [-0.1, -0.05) is 6.07 Å². The van der Waals surface area contributed by atoms with Crippen LogP contribution in [0.15, 0.2) is 48.5 Å². The summed E-state index contributed by atoms with van der Waals surface area (Å²) >= 11 is 0. The van der Waals surface area contributed by atoms with Crippen molar-refractivity contribution in [3.63, 3.8) is 0 Å². The van der Waals surface area contributed by atoms with E-state index < -0.39 is 0 Å². The lowest BCUT2D eigenvalue weighted by molar-refractivity contribution is -0.114. The van der Waals surface area contributed by atoms with Crippen molar-refractivity contribution in [2.45, 2.75) is 6.92 Å². The minimum atomic E-state index is -0.188. The molecule has 0 bridgehead atoms. The van der Waals surface area contributed by atoms with Gasteiger partial charge in [-0.25, -0.2) is 0 Å². The minimum Gasteiger partial charge on any atom is -0.491 e. The van der Waals surface area contributed by atoms with E-state index in [0.29, 0.717) is 42.4 Å². The lowest BCUT2D eigenvalue weighted by Crippen LogP contribution is -2.23. The number of amides is 2. The molecule has 0 aliphatic heterocycles. The molecule has 0 atom stereocenters. The molecule has 7 nitrogen and oxygen atoms in total. The van der Waals surface area contributed by atoms with Gasteiger partial charge in [-0.05, 0) is 49.4 Å². The first kappa shape index (κ1) is 20.3. The number of benzene rings is 2. The van der Waals surface area contributed by atoms with E-state index >= 15 is 0 Å². The SMILES string of the molecule is CCNC(=O)c1cccc(NCC(=O)Nc2ccc(OCCOC)cc2)c1. The van der Waals surface area contributed by atoms with Crippen LogP contribution in [0.2, 0.25) is 0 Å². The molecule has 0 saturated heterocycles. The summed E-state index contributed by atoms with van der Waals surface area (Å²) in [5.41, 5.74) is 1.93. The topological polar surface area (TPSA) is 88.7 Å². The first-order valence-corrected chi connectivity index (χ1v) is 8.76. The lowest BCUT2D eigenvalue weighted by Gasteiger charge is -2.10. The number of methoxy groups -OCH3 is 1. The van der Waals surface area contributed by atoms with Gasteiger partial charge in [0.15, 0.2) is 0 Å². The Labute approximate surface area is 159 Å². The fraction of sp³-hybridized carbons (Fsp3) is 0.300. The summed E-state index contributed by atoms with van der Waals surface area (Å²) in [5, 5.41) is 8.56. The zero-order valence-corrected chi connectivity index (χ0v) is 15.6. The van der Waals surface area contributed by atoms with Gasteiger partial charge in [0.2, 0.25) is 5.91 Å². The highest BCUT2D eigenvalue weighted by Gasteiger charge is 2.06. The van der Waals surface area contributed by atoms with Gasteiger partial charge in [0.05, 0.1) is 13.2 Å². The van der Waals surface area contributed by atoms with Crippen molar-refractivity contribution in [3.05, 3.63) is 54.1 Å². The maximum absolute atomic E-state index is 12.1. The van der Waals surface area contributed by atoms with E-state index in [9.17, 15) is 9.59 Å². The van der Waals surface area contributed by atoms with Gasteiger partial charge in [-0.15, -0.1) is 0 Å². The second kappa shape index (κ2) is 10.8. The number of anilines is 2. The number of nitrogens with one attached hydrogen (secondary N) is 3. The summed E-state index contributed by atoms with van der Waals surface area (Å²) in [5.74, 6) is 0.384. The third-order valence-corrected chi connectivity index (χ3v) is 3.61. The van der Waals surface area contributed by atoms with Crippen molar-refractivity contribution >= 4 is 23.2 Å². The Bertz CT molecular complexity index is 747. The predicted octanol–water partition coefficient (Wildman–Crippen LogP) is 2.51. The summed E-state index contributed by atoms with van der Waals surface area (Å²) in [6.07, 6.45) is 0. The normalized spacial score (nSPS) is 10.1. The molecule has 2 aromatic carbocycles. The highest BCUT2D eigenvalue weighted by atomic mass is 16.5. The molecule has 0 aliphatic rings. The van der Waals surface area contributed by atoms with Crippen LogP contribution in [0.4, 0.5) is 11.4 Å². The van der Waals surface area contributed by atoms with Gasteiger partial charge in [0.1, 0.15) is 12.4 Å². The predicted molar refractivity (Wildman–Crippen MR) is 105 cm³/mol. The summed E-state index contributed by atoms with van der Waals surface area (Å²) in [4.78, 5) is 24.0. The Morgan fingerprint density at radius 1 is 1.00 bits per heavy atom. The van der Waals surface area contributed by atoms with Gasteiger partial charge in [0.25, 0.3) is 5.91 Å². The maximum atomic E-state index is 12.1. The molecule has 0 spiro atoms. The van der Waals surface area contributed by atoms with Gasteiger partial charge in [-0.3, -0.25) is 9.59 Å². The van der Waals surface area contributed by atoms with Crippen LogP contribution in [0, 0.1) is 0 Å². The molecule has 2 rings (SSSR count). The molecule has 0 heterocycles. The van der Waals surface area contributed by atoms with Gasteiger partial charge in [0, 0.05) is 30.6 Å². The molecule has 144 valence electrons. The molecular weight excluding hydrogens is 346 g/mol. The molecule has 2 aromatic rings. The van der Waals surface area contributed by atoms with Crippen LogP contribution in [-0.4, -0.2) is 45.2 Å². The molecule has 0 saturated carbocycles. The second-order valence-electron chi connectivity index (χ2n) is 5.71. The van der Waals surface area contributed by atoms with Gasteiger partial charge < -0.3 is 25.4 Å². The van der Waals surface area contributed by atoms with Crippen molar-refractivity contribution in [2.24, 2.45) is 0 Å². The molecule has 2 amide bonds. The zero-order chi connectivity index (χ0) is 19.5. The van der Waals surface area contributed by atoms with Crippen molar-refractivity contribution < 1.29 is 19.1 Å². The van der Waals surface area contributed by atoms with Crippen LogP contribution < -0.4 is 20.7 Å². The van der Waals surface area contributed by atoms with Crippen LogP contribution in [-0.2, 0) is 9.53 Å². The maximum Gasteiger partial charge on any atom is 0.251 e. The fourth-order valence-electron chi connectivity index (χ4n) is 2.30. The Balaban J connectivity index is 1.82. The Hall–Kier alpha value is -3.06. The van der Waals surface area contributed by atoms with E-state index in [1.807, 2.05) is 13.0 Å². The van der Waals surface area contributed by atoms with Crippen LogP contribution >= 0.6 is 0 Å². The number of hydrogen-bond acceptors (Lipinski definition) is 5. The highest BCUT2D eigenvalue weighted by Crippen LogP contribution is 2.16. The van der Waals surface area contributed by atoms with Crippen molar-refractivity contribution in [1.82, 2.24) is 5.32 Å². The van der Waals surface area contributed by atoms with Crippen LogP contribution in [0.25, 0.3) is 0 Å². The fourth-order valence-corrected chi connectivity index (χ4v) is 2.30. The molecular formula is C20H25N3O4. The van der Waals surface area contributed by atoms with E-state index in [0.717, 1.165) is 0 Å². The molecule has 27 heavy (non-hydrogen) atoms. The number of carbonyl (C=O) groups is 2. The zero-order valence-electron chi connectivity index (χ0n) is 15.6. The van der Waals surface area contributed by atoms with E-state index in [2.05, 4.69) is 16.0 Å². The van der Waals surface area contributed by atoms with Crippen LogP contribution in [0.3, 0.4) is 0 Å². The standard InChI is InChI=1S/C20H25N3O4/c1-3-21-20(25)15-5-4-6-17(13-15)22-14-19(24)23-16-7-9-18(10-8-16)27-12-11-26-2/h4-10,13,22H,3,11-12,14H2,1-2H3,(H,21,25)(H,23,24). The quantitative estimate of drug-likeness (QED) is 0.559. The average molecular weight is 371 g/mol. The van der Waals surface area contributed by atoms with Crippen LogP contribution in [0.1, 0.15) is 17.3 Å². The average Bonchev–Trinajstić information content (AvgIpc) is 2.68. The largest absolute Gasteiger partial charge is 0.491 e.